The number of ether oxygens (including phenoxy) is 2. The van der Waals surface area contributed by atoms with Gasteiger partial charge in [-0.05, 0) is 61.9 Å². The van der Waals surface area contributed by atoms with E-state index in [4.69, 9.17) is 21.7 Å². The Morgan fingerprint density at radius 2 is 1.94 bits per heavy atom. The predicted octanol–water partition coefficient (Wildman–Crippen LogP) is 5.04. The fourth-order valence-corrected chi connectivity index (χ4v) is 6.62. The number of amides is 2. The molecule has 0 atom stereocenters. The molecule has 35 heavy (non-hydrogen) atoms. The summed E-state index contributed by atoms with van der Waals surface area (Å²) >= 11 is 8.06. The normalized spacial score (nSPS) is 16.4. The number of carbonyl (C=O) groups is 3. The van der Waals surface area contributed by atoms with Crippen molar-refractivity contribution in [2.24, 2.45) is 0 Å². The quantitative estimate of drug-likeness (QED) is 0.291. The van der Waals surface area contributed by atoms with Crippen LogP contribution in [0, 0.1) is 0 Å². The molecule has 1 fully saturated rings. The monoisotopic (exact) mass is 530 g/mol. The van der Waals surface area contributed by atoms with E-state index in [0.717, 1.165) is 47.4 Å². The maximum Gasteiger partial charge on any atom is 0.341 e. The Kier molecular flexibility index (Phi) is 8.25. The van der Waals surface area contributed by atoms with E-state index in [1.165, 1.54) is 28.0 Å². The van der Waals surface area contributed by atoms with Gasteiger partial charge >= 0.3 is 5.97 Å². The average molecular weight is 531 g/mol. The molecule has 7 nitrogen and oxygen atoms in total. The number of aryl methyl sites for hydroxylation is 1. The van der Waals surface area contributed by atoms with Gasteiger partial charge < -0.3 is 14.8 Å². The molecule has 0 radical (unpaired) electrons. The van der Waals surface area contributed by atoms with Gasteiger partial charge in [-0.15, -0.1) is 11.3 Å². The van der Waals surface area contributed by atoms with E-state index in [1.807, 2.05) is 24.3 Å². The molecule has 2 aromatic rings. The van der Waals surface area contributed by atoms with E-state index in [2.05, 4.69) is 5.32 Å². The summed E-state index contributed by atoms with van der Waals surface area (Å²) in [5.41, 5.74) is 2.33. The van der Waals surface area contributed by atoms with Crippen molar-refractivity contribution in [3.8, 4) is 5.75 Å². The van der Waals surface area contributed by atoms with E-state index < -0.39 is 5.97 Å². The van der Waals surface area contributed by atoms with Gasteiger partial charge in [-0.25, -0.2) is 4.79 Å². The first-order valence-corrected chi connectivity index (χ1v) is 13.5. The van der Waals surface area contributed by atoms with Gasteiger partial charge in [0.1, 0.15) is 15.1 Å². The number of methoxy groups -OCH3 is 1. The summed E-state index contributed by atoms with van der Waals surface area (Å²) in [5, 5.41) is 3.42. The van der Waals surface area contributed by atoms with E-state index in [1.54, 1.807) is 20.1 Å². The topological polar surface area (TPSA) is 84.9 Å². The van der Waals surface area contributed by atoms with Gasteiger partial charge in [0.05, 0.1) is 24.2 Å². The number of hydrogen-bond acceptors (Lipinski definition) is 8. The van der Waals surface area contributed by atoms with Crippen LogP contribution in [0.1, 0.15) is 52.5 Å². The molecule has 10 heteroatoms. The summed E-state index contributed by atoms with van der Waals surface area (Å²) in [6.45, 7) is 2.20. The Bertz CT molecular complexity index is 1190. The number of hydrogen-bond donors (Lipinski definition) is 1. The van der Waals surface area contributed by atoms with Crippen LogP contribution in [0.15, 0.2) is 29.2 Å². The molecule has 2 aliphatic rings. The third-order valence-corrected chi connectivity index (χ3v) is 8.34. The predicted molar refractivity (Wildman–Crippen MR) is 143 cm³/mol. The number of thiocarbonyl (C=S) groups is 1. The number of nitrogens with zero attached hydrogens (tertiary/aromatic N) is 1. The SMILES string of the molecule is CCOC(=O)c1c(NC(=O)CCN2C(=O)/C(=C\c3ccc(OC)cc3)SC2=S)sc2c1CCCC2. The lowest BCUT2D eigenvalue weighted by Crippen LogP contribution is -2.31. The Balaban J connectivity index is 1.41. The number of thiophene rings is 1. The van der Waals surface area contributed by atoms with Crippen molar-refractivity contribution >= 4 is 68.5 Å². The highest BCUT2D eigenvalue weighted by Gasteiger charge is 2.32. The largest absolute Gasteiger partial charge is 0.497 e. The first-order valence-electron chi connectivity index (χ1n) is 11.4. The molecule has 0 saturated carbocycles. The van der Waals surface area contributed by atoms with Crippen molar-refractivity contribution in [1.82, 2.24) is 4.90 Å². The average Bonchev–Trinajstić information content (AvgIpc) is 3.34. The van der Waals surface area contributed by atoms with Crippen molar-refractivity contribution in [3.05, 3.63) is 50.7 Å². The van der Waals surface area contributed by atoms with E-state index in [0.29, 0.717) is 19.8 Å². The summed E-state index contributed by atoms with van der Waals surface area (Å²) < 4.78 is 10.8. The van der Waals surface area contributed by atoms with Gasteiger partial charge in [-0.2, -0.15) is 0 Å². The van der Waals surface area contributed by atoms with Gasteiger partial charge in [0.15, 0.2) is 0 Å². The molecule has 0 unspecified atom stereocenters. The van der Waals surface area contributed by atoms with Gasteiger partial charge in [-0.3, -0.25) is 14.5 Å². The zero-order valence-corrected chi connectivity index (χ0v) is 22.0. The lowest BCUT2D eigenvalue weighted by Gasteiger charge is -2.14. The molecule has 1 aromatic heterocycles. The Morgan fingerprint density at radius 3 is 2.66 bits per heavy atom. The van der Waals surface area contributed by atoms with E-state index in [9.17, 15) is 14.4 Å². The molecule has 4 rings (SSSR count). The number of rotatable bonds is 8. The standard InChI is InChI=1S/C25H26N2O5S3/c1-3-32-24(30)21-17-6-4-5-7-18(17)34-22(21)26-20(28)12-13-27-23(29)19(35-25(27)33)14-15-8-10-16(31-2)11-9-15/h8-11,14H,3-7,12-13H2,1-2H3,(H,26,28)/b19-14+. The van der Waals surface area contributed by atoms with Gasteiger partial charge in [0.25, 0.3) is 5.91 Å². The van der Waals surface area contributed by atoms with Crippen molar-refractivity contribution in [2.45, 2.75) is 39.0 Å². The smallest absolute Gasteiger partial charge is 0.341 e. The highest BCUT2D eigenvalue weighted by molar-refractivity contribution is 8.26. The number of esters is 1. The Morgan fingerprint density at radius 1 is 1.20 bits per heavy atom. The first kappa shape index (κ1) is 25.4. The second-order valence-corrected chi connectivity index (χ2v) is 10.8. The molecule has 0 bridgehead atoms. The van der Waals surface area contributed by atoms with Crippen LogP contribution in [-0.4, -0.2) is 47.3 Å². The molecule has 1 saturated heterocycles. The fraction of sp³-hybridized carbons (Fsp3) is 0.360. The van der Waals surface area contributed by atoms with Gasteiger partial charge in [-0.1, -0.05) is 36.1 Å². The molecule has 2 heterocycles. The van der Waals surface area contributed by atoms with Crippen LogP contribution in [0.4, 0.5) is 5.00 Å². The summed E-state index contributed by atoms with van der Waals surface area (Å²) in [6, 6.07) is 7.37. The first-order chi connectivity index (χ1) is 16.9. The molecule has 1 aromatic carbocycles. The minimum absolute atomic E-state index is 0.0626. The van der Waals surface area contributed by atoms with Crippen molar-refractivity contribution < 1.29 is 23.9 Å². The Hall–Kier alpha value is -2.69. The molecule has 1 aliphatic heterocycles. The van der Waals surface area contributed by atoms with Crippen LogP contribution in [0.2, 0.25) is 0 Å². The number of carbonyl (C=O) groups excluding carboxylic acids is 3. The molecular formula is C25H26N2O5S3. The summed E-state index contributed by atoms with van der Waals surface area (Å²) in [7, 11) is 1.60. The van der Waals surface area contributed by atoms with Crippen LogP contribution in [0.5, 0.6) is 5.75 Å². The molecule has 2 amide bonds. The van der Waals surface area contributed by atoms with Crippen molar-refractivity contribution in [2.75, 3.05) is 25.6 Å². The lowest BCUT2D eigenvalue weighted by molar-refractivity contribution is -0.122. The summed E-state index contributed by atoms with van der Waals surface area (Å²) in [4.78, 5) is 41.4. The highest BCUT2D eigenvalue weighted by atomic mass is 32.2. The third kappa shape index (κ3) is 5.76. The molecule has 1 aliphatic carbocycles. The molecular weight excluding hydrogens is 504 g/mol. The van der Waals surface area contributed by atoms with E-state index in [-0.39, 0.29) is 31.4 Å². The highest BCUT2D eigenvalue weighted by Crippen LogP contribution is 2.39. The van der Waals surface area contributed by atoms with E-state index >= 15 is 0 Å². The number of benzene rings is 1. The molecule has 184 valence electrons. The van der Waals surface area contributed by atoms with Crippen LogP contribution < -0.4 is 10.1 Å². The number of anilines is 1. The van der Waals surface area contributed by atoms with Crippen molar-refractivity contribution in [3.63, 3.8) is 0 Å². The zero-order valence-electron chi connectivity index (χ0n) is 19.5. The summed E-state index contributed by atoms with van der Waals surface area (Å²) in [6.07, 6.45) is 5.64. The van der Waals surface area contributed by atoms with Crippen LogP contribution in [-0.2, 0) is 27.2 Å². The number of nitrogens with one attached hydrogen (secondary N) is 1. The zero-order chi connectivity index (χ0) is 24.9. The number of thioether (sulfide) groups is 1. The maximum absolute atomic E-state index is 12.9. The maximum atomic E-state index is 12.9. The molecule has 0 spiro atoms. The van der Waals surface area contributed by atoms with Crippen LogP contribution >= 0.6 is 35.3 Å². The van der Waals surface area contributed by atoms with Gasteiger partial charge in [0, 0.05) is 17.8 Å². The second kappa shape index (κ2) is 11.4. The fourth-order valence-electron chi connectivity index (χ4n) is 4.02. The Labute approximate surface area is 217 Å². The summed E-state index contributed by atoms with van der Waals surface area (Å²) in [5.74, 6) is -0.161. The minimum Gasteiger partial charge on any atom is -0.497 e. The molecule has 1 N–H and O–H groups in total. The lowest BCUT2D eigenvalue weighted by atomic mass is 9.95. The van der Waals surface area contributed by atoms with Gasteiger partial charge in [0.2, 0.25) is 5.91 Å². The van der Waals surface area contributed by atoms with Crippen molar-refractivity contribution in [1.29, 1.82) is 0 Å². The van der Waals surface area contributed by atoms with Crippen LogP contribution in [0.25, 0.3) is 6.08 Å². The minimum atomic E-state index is -0.400. The van der Waals surface area contributed by atoms with Crippen LogP contribution in [0.3, 0.4) is 0 Å². The number of fused-ring (bicyclic) bond motifs is 1. The third-order valence-electron chi connectivity index (χ3n) is 5.75. The second-order valence-electron chi connectivity index (χ2n) is 8.04.